The largest absolute Gasteiger partial charge is 0.484 e. The lowest BCUT2D eigenvalue weighted by molar-refractivity contribution is -0.132. The molecule has 1 saturated heterocycles. The van der Waals surface area contributed by atoms with Gasteiger partial charge in [0.05, 0.1) is 10.6 Å². The predicted molar refractivity (Wildman–Crippen MR) is 185 cm³/mol. The number of nitrogens with one attached hydrogen (secondary N) is 2. The number of rotatable bonds is 9. The first-order chi connectivity index (χ1) is 24.1. The van der Waals surface area contributed by atoms with Crippen LogP contribution in [0.15, 0.2) is 80.8 Å². The van der Waals surface area contributed by atoms with E-state index in [0.29, 0.717) is 40.8 Å². The number of anilines is 1. The van der Waals surface area contributed by atoms with E-state index >= 15 is 0 Å². The Kier molecular flexibility index (Phi) is 10.4. The minimum absolute atomic E-state index is 0.0389. The van der Waals surface area contributed by atoms with Crippen molar-refractivity contribution in [2.45, 2.75) is 45.4 Å². The fourth-order valence-electron chi connectivity index (χ4n) is 5.35. The van der Waals surface area contributed by atoms with Crippen molar-refractivity contribution in [3.05, 3.63) is 101 Å². The number of likely N-dealkylation sites (tertiary alicyclic amines) is 1. The summed E-state index contributed by atoms with van der Waals surface area (Å²) in [6.45, 7) is 2.45. The minimum Gasteiger partial charge on any atom is -0.484 e. The highest BCUT2D eigenvalue weighted by atomic mass is 35.5. The number of aliphatic imine (C=N–C) groups is 1. The van der Waals surface area contributed by atoms with Crippen LogP contribution in [0, 0.1) is 6.92 Å². The third kappa shape index (κ3) is 8.26. The lowest BCUT2D eigenvalue weighted by atomic mass is 10.1. The molecule has 0 saturated carbocycles. The second kappa shape index (κ2) is 15.2. The Balaban J connectivity index is 1.20. The van der Waals surface area contributed by atoms with Gasteiger partial charge < -0.3 is 28.8 Å². The number of benzene rings is 2. The van der Waals surface area contributed by atoms with E-state index in [2.05, 4.69) is 25.8 Å². The molecule has 50 heavy (non-hydrogen) atoms. The Labute approximate surface area is 292 Å². The van der Waals surface area contributed by atoms with Gasteiger partial charge in [-0.2, -0.15) is 4.98 Å². The number of ether oxygens (including phenoxy) is 1. The summed E-state index contributed by atoms with van der Waals surface area (Å²) in [6, 6.07) is 16.6. The molecule has 2 N–H and O–H groups in total. The first-order valence-corrected chi connectivity index (χ1v) is 16.3. The molecule has 3 aromatic heterocycles. The highest BCUT2D eigenvalue weighted by molar-refractivity contribution is 6.32. The molecule has 0 spiro atoms. The summed E-state index contributed by atoms with van der Waals surface area (Å²) in [6.07, 6.45) is 3.24. The number of carbonyl (C=O) groups excluding carboxylic acids is 3. The summed E-state index contributed by atoms with van der Waals surface area (Å²) >= 11 is 6.17. The molecule has 1 aliphatic heterocycles. The topological polar surface area (TPSA) is 168 Å². The summed E-state index contributed by atoms with van der Waals surface area (Å²) in [5, 5.41) is 11.3. The normalized spacial score (nSPS) is 15.1. The van der Waals surface area contributed by atoms with Gasteiger partial charge in [-0.25, -0.2) is 4.99 Å². The number of furan rings is 1. The van der Waals surface area contributed by atoms with Crippen LogP contribution in [0.1, 0.15) is 57.6 Å². The number of hydrogen-bond acceptors (Lipinski definition) is 10. The fraction of sp³-hybridized carbons (Fsp3) is 0.286. The highest BCUT2D eigenvalue weighted by Crippen LogP contribution is 2.25. The van der Waals surface area contributed by atoms with Crippen molar-refractivity contribution >= 4 is 51.9 Å². The lowest BCUT2D eigenvalue weighted by Gasteiger charge is -2.22. The Morgan fingerprint density at radius 3 is 2.74 bits per heavy atom. The van der Waals surface area contributed by atoms with Gasteiger partial charge in [0.1, 0.15) is 35.4 Å². The average Bonchev–Trinajstić information content (AvgIpc) is 3.67. The lowest BCUT2D eigenvalue weighted by Crippen LogP contribution is -2.41. The van der Waals surface area contributed by atoms with Crippen molar-refractivity contribution in [3.8, 4) is 5.75 Å². The molecule has 4 heterocycles. The van der Waals surface area contributed by atoms with Crippen LogP contribution in [0.5, 0.6) is 5.75 Å². The quantitative estimate of drug-likeness (QED) is 0.154. The maximum absolute atomic E-state index is 13.9. The maximum Gasteiger partial charge on any atom is 0.271 e. The molecule has 1 fully saturated rings. The zero-order valence-electron chi connectivity index (χ0n) is 27.7. The van der Waals surface area contributed by atoms with Crippen LogP contribution in [0.25, 0.3) is 11.0 Å². The van der Waals surface area contributed by atoms with E-state index in [-0.39, 0.29) is 48.1 Å². The molecule has 0 aliphatic carbocycles. The van der Waals surface area contributed by atoms with Crippen LogP contribution < -0.4 is 15.4 Å². The van der Waals surface area contributed by atoms with Gasteiger partial charge in [0, 0.05) is 37.9 Å². The fourth-order valence-corrected chi connectivity index (χ4v) is 5.54. The molecule has 1 aliphatic rings. The second-order valence-electron chi connectivity index (χ2n) is 11.9. The predicted octanol–water partition coefficient (Wildman–Crippen LogP) is 5.23. The summed E-state index contributed by atoms with van der Waals surface area (Å²) < 4.78 is 16.8. The zero-order chi connectivity index (χ0) is 35.2. The van der Waals surface area contributed by atoms with Crippen LogP contribution in [-0.4, -0.2) is 75.3 Å². The molecule has 6 rings (SSSR count). The number of halogens is 1. The van der Waals surface area contributed by atoms with Gasteiger partial charge in [-0.05, 0) is 74.7 Å². The second-order valence-corrected chi connectivity index (χ2v) is 12.3. The van der Waals surface area contributed by atoms with E-state index in [1.807, 2.05) is 31.2 Å². The summed E-state index contributed by atoms with van der Waals surface area (Å²) in [5.41, 5.74) is 1.74. The van der Waals surface area contributed by atoms with E-state index < -0.39 is 11.9 Å². The molecular weight excluding hydrogens is 664 g/mol. The van der Waals surface area contributed by atoms with Crippen molar-refractivity contribution in [1.29, 1.82) is 0 Å². The Morgan fingerprint density at radius 2 is 1.96 bits per heavy atom. The SMILES string of the molecule is Cc1cc2cc(NC(=N[C@H]3CCCCN(Cc4nc(COc5ccccc5Cl)no4)C3=O)NC(=O)c3ccc(C(=O)N(C)C)nc3)ccc2o1. The number of carbonyl (C=O) groups is 3. The number of hydrogen-bond donors (Lipinski definition) is 2. The number of fused-ring (bicyclic) bond motifs is 1. The van der Waals surface area contributed by atoms with Gasteiger partial charge in [-0.15, -0.1) is 0 Å². The number of guanidine groups is 1. The van der Waals surface area contributed by atoms with E-state index in [4.69, 9.17) is 30.3 Å². The first kappa shape index (κ1) is 34.1. The first-order valence-electron chi connectivity index (χ1n) is 15.9. The highest BCUT2D eigenvalue weighted by Gasteiger charge is 2.29. The molecule has 14 nitrogen and oxygen atoms in total. The van der Waals surface area contributed by atoms with Gasteiger partial charge in [0.15, 0.2) is 6.61 Å². The molecule has 5 aromatic rings. The van der Waals surface area contributed by atoms with Crippen molar-refractivity contribution < 1.29 is 28.1 Å². The molecule has 258 valence electrons. The van der Waals surface area contributed by atoms with Gasteiger partial charge in [-0.1, -0.05) is 28.9 Å². The monoisotopic (exact) mass is 698 g/mol. The summed E-state index contributed by atoms with van der Waals surface area (Å²) in [7, 11) is 3.24. The number of aromatic nitrogens is 3. The van der Waals surface area contributed by atoms with Crippen LogP contribution in [0.4, 0.5) is 5.69 Å². The standard InChI is InChI=1S/C35H35ClN8O6/c1-21-16-23-17-24(12-14-28(23)49-21)38-35(41-32(45)22-11-13-26(37-18-22)33(46)43(2)3)39-27-9-6-7-15-44(34(27)47)19-31-40-30(42-50-31)20-48-29-10-5-4-8-25(29)36/h4-5,8,10-14,16-18,27H,6-7,9,15,19-20H2,1-3H3,(H2,38,39,41,45)/t27-/m0/s1. The number of pyridine rings is 1. The number of nitrogens with zero attached hydrogens (tertiary/aromatic N) is 6. The molecule has 0 unspecified atom stereocenters. The smallest absolute Gasteiger partial charge is 0.271 e. The molecule has 1 atom stereocenters. The van der Waals surface area contributed by atoms with E-state index in [1.54, 1.807) is 43.3 Å². The van der Waals surface area contributed by atoms with Crippen LogP contribution in [0.3, 0.4) is 0 Å². The third-order valence-electron chi connectivity index (χ3n) is 7.85. The minimum atomic E-state index is -0.815. The van der Waals surface area contributed by atoms with Crippen LogP contribution in [-0.2, 0) is 17.9 Å². The average molecular weight is 699 g/mol. The van der Waals surface area contributed by atoms with Crippen molar-refractivity contribution in [1.82, 2.24) is 30.2 Å². The number of aryl methyl sites for hydroxylation is 1. The molecule has 0 radical (unpaired) electrons. The van der Waals surface area contributed by atoms with Gasteiger partial charge in [-0.3, -0.25) is 24.7 Å². The maximum atomic E-state index is 13.9. The molecule has 2 aromatic carbocycles. The third-order valence-corrected chi connectivity index (χ3v) is 8.16. The van der Waals surface area contributed by atoms with E-state index in [1.165, 1.54) is 23.2 Å². The van der Waals surface area contributed by atoms with Crippen LogP contribution >= 0.6 is 11.6 Å². The Bertz CT molecular complexity index is 2040. The van der Waals surface area contributed by atoms with Gasteiger partial charge in [0.25, 0.3) is 11.8 Å². The molecule has 15 heteroatoms. The van der Waals surface area contributed by atoms with E-state index in [9.17, 15) is 14.4 Å². The summed E-state index contributed by atoms with van der Waals surface area (Å²) in [5.74, 6) is 0.815. The van der Waals surface area contributed by atoms with Crippen molar-refractivity contribution in [2.75, 3.05) is 26.0 Å². The van der Waals surface area contributed by atoms with Crippen molar-refractivity contribution in [3.63, 3.8) is 0 Å². The Morgan fingerprint density at radius 1 is 1.12 bits per heavy atom. The molecule has 0 bridgehead atoms. The van der Waals surface area contributed by atoms with E-state index in [0.717, 1.165) is 24.0 Å². The number of amides is 3. The van der Waals surface area contributed by atoms with Gasteiger partial charge >= 0.3 is 0 Å². The van der Waals surface area contributed by atoms with Crippen LogP contribution in [0.2, 0.25) is 5.02 Å². The van der Waals surface area contributed by atoms with Crippen molar-refractivity contribution in [2.24, 2.45) is 4.99 Å². The zero-order valence-corrected chi connectivity index (χ0v) is 28.4. The molecular formula is C35H35ClN8O6. The van der Waals surface area contributed by atoms with Gasteiger partial charge in [0.2, 0.25) is 23.6 Å². The Hall–Kier alpha value is -5.76. The summed E-state index contributed by atoms with van der Waals surface area (Å²) in [4.78, 5) is 55.9. The number of para-hydroxylation sites is 1. The molecule has 3 amide bonds.